The van der Waals surface area contributed by atoms with E-state index in [1.807, 2.05) is 30.3 Å². The molecule has 7 heteroatoms. The van der Waals surface area contributed by atoms with E-state index < -0.39 is 41.2 Å². The Kier molecular flexibility index (Phi) is 6.28. The van der Waals surface area contributed by atoms with Crippen molar-refractivity contribution < 1.29 is 29.6 Å². The fraction of sp³-hybridized carbons (Fsp3) is 0.588. The van der Waals surface area contributed by atoms with Crippen molar-refractivity contribution in [2.24, 2.45) is 5.41 Å². The molecule has 0 saturated carbocycles. The molecule has 0 aromatic heterocycles. The van der Waals surface area contributed by atoms with E-state index in [0.29, 0.717) is 0 Å². The summed E-state index contributed by atoms with van der Waals surface area (Å²) in [6, 6.07) is 9.28. The molecule has 0 aliphatic carbocycles. The van der Waals surface area contributed by atoms with Gasteiger partial charge in [0.1, 0.15) is 36.5 Å². The number of benzene rings is 1. The molecule has 1 aliphatic heterocycles. The second-order valence-corrected chi connectivity index (χ2v) is 7.97. The second-order valence-electron chi connectivity index (χ2n) is 6.79. The lowest BCUT2D eigenvalue weighted by Gasteiger charge is -2.40. The van der Waals surface area contributed by atoms with Crippen molar-refractivity contribution in [2.45, 2.75) is 55.5 Å². The Morgan fingerprint density at radius 2 is 1.75 bits per heavy atom. The smallest absolute Gasteiger partial charge is 0.311 e. The van der Waals surface area contributed by atoms with Crippen LogP contribution in [0.1, 0.15) is 20.8 Å². The number of carbonyl (C=O) groups excluding carboxylic acids is 1. The number of rotatable bonds is 4. The lowest BCUT2D eigenvalue weighted by atomic mass is 9.97. The Morgan fingerprint density at radius 3 is 2.33 bits per heavy atom. The van der Waals surface area contributed by atoms with Crippen LogP contribution in [-0.4, -0.2) is 57.7 Å². The van der Waals surface area contributed by atoms with E-state index in [9.17, 15) is 20.1 Å². The van der Waals surface area contributed by atoms with Gasteiger partial charge in [-0.1, -0.05) is 30.0 Å². The largest absolute Gasteiger partial charge is 0.462 e. The van der Waals surface area contributed by atoms with Gasteiger partial charge in [0.2, 0.25) is 0 Å². The first-order valence-electron chi connectivity index (χ1n) is 7.79. The third kappa shape index (κ3) is 4.70. The summed E-state index contributed by atoms with van der Waals surface area (Å²) in [7, 11) is 0. The van der Waals surface area contributed by atoms with Crippen LogP contribution in [0.4, 0.5) is 0 Å². The third-order valence-corrected chi connectivity index (χ3v) is 4.82. The maximum absolute atomic E-state index is 11.9. The molecule has 0 radical (unpaired) electrons. The predicted molar refractivity (Wildman–Crippen MR) is 89.4 cm³/mol. The highest BCUT2D eigenvalue weighted by molar-refractivity contribution is 7.99. The van der Waals surface area contributed by atoms with Crippen LogP contribution in [0.3, 0.4) is 0 Å². The van der Waals surface area contributed by atoms with Gasteiger partial charge in [0.15, 0.2) is 0 Å². The normalized spacial score (nSPS) is 30.8. The molecule has 2 rings (SSSR count). The first-order chi connectivity index (χ1) is 11.2. The molecule has 1 aromatic rings. The van der Waals surface area contributed by atoms with Crippen LogP contribution in [0.15, 0.2) is 35.2 Å². The van der Waals surface area contributed by atoms with Crippen LogP contribution in [-0.2, 0) is 14.3 Å². The molecule has 0 bridgehead atoms. The lowest BCUT2D eigenvalue weighted by Crippen LogP contribution is -2.57. The van der Waals surface area contributed by atoms with Gasteiger partial charge in [0.05, 0.1) is 5.41 Å². The van der Waals surface area contributed by atoms with E-state index >= 15 is 0 Å². The van der Waals surface area contributed by atoms with Gasteiger partial charge >= 0.3 is 5.97 Å². The van der Waals surface area contributed by atoms with E-state index in [1.54, 1.807) is 20.8 Å². The molecule has 1 saturated heterocycles. The number of esters is 1. The Balaban J connectivity index is 2.02. The van der Waals surface area contributed by atoms with Gasteiger partial charge in [0, 0.05) is 4.90 Å². The number of hydrogen-bond donors (Lipinski definition) is 3. The van der Waals surface area contributed by atoms with E-state index in [2.05, 4.69) is 0 Å². The molecular formula is C17H24O6S. The van der Waals surface area contributed by atoms with E-state index in [1.165, 1.54) is 11.8 Å². The van der Waals surface area contributed by atoms with Gasteiger partial charge in [-0.25, -0.2) is 0 Å². The standard InChI is InChI=1S/C17H24O6S/c1-17(2,3)16(21)22-9-11-12(18)13(19)14(20)15(23-11)24-10-7-5-4-6-8-10/h4-8,11-15,18-20H,9H2,1-3H3/t11-,12-,13+,14-,15+/m1/s1. The Bertz CT molecular complexity index is 544. The van der Waals surface area contributed by atoms with E-state index in [4.69, 9.17) is 9.47 Å². The molecule has 1 heterocycles. The van der Waals surface area contributed by atoms with Gasteiger partial charge in [-0.3, -0.25) is 4.79 Å². The molecule has 134 valence electrons. The molecule has 0 unspecified atom stereocenters. The Labute approximate surface area is 145 Å². The van der Waals surface area contributed by atoms with Crippen molar-refractivity contribution in [3.8, 4) is 0 Å². The zero-order valence-electron chi connectivity index (χ0n) is 14.0. The summed E-state index contributed by atoms with van der Waals surface area (Å²) in [4.78, 5) is 12.7. The summed E-state index contributed by atoms with van der Waals surface area (Å²) in [6.07, 6.45) is -4.87. The van der Waals surface area contributed by atoms with Crippen LogP contribution in [0.25, 0.3) is 0 Å². The molecule has 5 atom stereocenters. The molecular weight excluding hydrogens is 332 g/mol. The van der Waals surface area contributed by atoms with Crippen molar-refractivity contribution in [3.63, 3.8) is 0 Å². The summed E-state index contributed by atoms with van der Waals surface area (Å²) in [5.74, 6) is -0.425. The zero-order valence-corrected chi connectivity index (χ0v) is 14.8. The Morgan fingerprint density at radius 1 is 1.12 bits per heavy atom. The van der Waals surface area contributed by atoms with Crippen LogP contribution in [0.2, 0.25) is 0 Å². The number of hydrogen-bond acceptors (Lipinski definition) is 7. The fourth-order valence-electron chi connectivity index (χ4n) is 2.16. The number of aliphatic hydroxyl groups excluding tert-OH is 3. The van der Waals surface area contributed by atoms with Gasteiger partial charge in [0.25, 0.3) is 0 Å². The molecule has 0 amide bonds. The minimum Gasteiger partial charge on any atom is -0.462 e. The first kappa shape index (κ1) is 19.2. The quantitative estimate of drug-likeness (QED) is 0.697. The molecule has 1 aromatic carbocycles. The van der Waals surface area contributed by atoms with Crippen molar-refractivity contribution in [1.29, 1.82) is 0 Å². The van der Waals surface area contributed by atoms with Crippen LogP contribution in [0, 0.1) is 5.41 Å². The SMILES string of the molecule is CC(C)(C)C(=O)OC[C@H]1O[C@@H](Sc2ccccc2)[C@H](O)[C@@H](O)[C@@H]1O. The summed E-state index contributed by atoms with van der Waals surface area (Å²) < 4.78 is 10.8. The molecule has 1 fully saturated rings. The molecule has 0 spiro atoms. The summed E-state index contributed by atoms with van der Waals surface area (Å²) in [5, 5.41) is 30.3. The van der Waals surface area contributed by atoms with E-state index in [-0.39, 0.29) is 6.61 Å². The van der Waals surface area contributed by atoms with Crippen LogP contribution in [0.5, 0.6) is 0 Å². The van der Waals surface area contributed by atoms with E-state index in [0.717, 1.165) is 4.90 Å². The zero-order chi connectivity index (χ0) is 17.9. The van der Waals surface area contributed by atoms with Crippen molar-refractivity contribution in [3.05, 3.63) is 30.3 Å². The molecule has 3 N–H and O–H groups in total. The molecule has 1 aliphatic rings. The highest BCUT2D eigenvalue weighted by atomic mass is 32.2. The summed E-state index contributed by atoms with van der Waals surface area (Å²) >= 11 is 1.24. The summed E-state index contributed by atoms with van der Waals surface area (Å²) in [5.41, 5.74) is -1.44. The van der Waals surface area contributed by atoms with Crippen molar-refractivity contribution >= 4 is 17.7 Å². The second kappa shape index (κ2) is 7.84. The van der Waals surface area contributed by atoms with Gasteiger partial charge < -0.3 is 24.8 Å². The minimum atomic E-state index is -1.38. The molecule has 24 heavy (non-hydrogen) atoms. The highest BCUT2D eigenvalue weighted by Gasteiger charge is 2.44. The number of ether oxygens (including phenoxy) is 2. The van der Waals surface area contributed by atoms with Crippen molar-refractivity contribution in [1.82, 2.24) is 0 Å². The highest BCUT2D eigenvalue weighted by Crippen LogP contribution is 2.33. The lowest BCUT2D eigenvalue weighted by molar-refractivity contribution is -0.212. The maximum atomic E-state index is 11.9. The minimum absolute atomic E-state index is 0.188. The average molecular weight is 356 g/mol. The summed E-state index contributed by atoms with van der Waals surface area (Å²) in [6.45, 7) is 4.98. The van der Waals surface area contributed by atoms with Crippen molar-refractivity contribution in [2.75, 3.05) is 6.61 Å². The number of aliphatic hydroxyl groups is 3. The van der Waals surface area contributed by atoms with Crippen LogP contribution >= 0.6 is 11.8 Å². The maximum Gasteiger partial charge on any atom is 0.311 e. The number of thioether (sulfide) groups is 1. The van der Waals surface area contributed by atoms with Gasteiger partial charge in [-0.15, -0.1) is 0 Å². The Hall–Kier alpha value is -1.12. The average Bonchev–Trinajstić information content (AvgIpc) is 2.54. The van der Waals surface area contributed by atoms with Gasteiger partial charge in [-0.2, -0.15) is 0 Å². The monoisotopic (exact) mass is 356 g/mol. The predicted octanol–water partition coefficient (Wildman–Crippen LogP) is 1.18. The molecule has 6 nitrogen and oxygen atoms in total. The third-order valence-electron chi connectivity index (χ3n) is 3.66. The van der Waals surface area contributed by atoms with Gasteiger partial charge in [-0.05, 0) is 32.9 Å². The first-order valence-corrected chi connectivity index (χ1v) is 8.66. The number of carbonyl (C=O) groups is 1. The topological polar surface area (TPSA) is 96.2 Å². The fourth-order valence-corrected chi connectivity index (χ4v) is 3.24. The van der Waals surface area contributed by atoms with Crippen LogP contribution < -0.4 is 0 Å².